The van der Waals surface area contributed by atoms with Crippen LogP contribution in [-0.2, 0) is 20.8 Å². The molecule has 0 unspecified atom stereocenters. The highest BCUT2D eigenvalue weighted by Crippen LogP contribution is 2.33. The van der Waals surface area contributed by atoms with Crippen molar-refractivity contribution in [3.63, 3.8) is 0 Å². The van der Waals surface area contributed by atoms with Crippen molar-refractivity contribution in [2.75, 3.05) is 37.7 Å². The van der Waals surface area contributed by atoms with E-state index in [2.05, 4.69) is 43.0 Å². The van der Waals surface area contributed by atoms with Crippen molar-refractivity contribution < 1.29 is 14.3 Å². The van der Waals surface area contributed by atoms with E-state index in [4.69, 9.17) is 14.5 Å². The number of anilines is 1. The van der Waals surface area contributed by atoms with E-state index in [1.54, 1.807) is 11.3 Å². The van der Waals surface area contributed by atoms with Gasteiger partial charge in [0.25, 0.3) is 0 Å². The number of hydrogen-bond donors (Lipinski definition) is 0. The van der Waals surface area contributed by atoms with Gasteiger partial charge in [0.15, 0.2) is 11.4 Å². The van der Waals surface area contributed by atoms with Gasteiger partial charge in [-0.15, -0.1) is 0 Å². The number of nitrogens with zero attached hydrogens (tertiary/aromatic N) is 3. The summed E-state index contributed by atoms with van der Waals surface area (Å²) in [5.74, 6) is 0.522. The molecule has 2 aromatic carbocycles. The Kier molecular flexibility index (Phi) is 6.74. The van der Waals surface area contributed by atoms with Crippen LogP contribution >= 0.6 is 11.3 Å². The first-order valence-electron chi connectivity index (χ1n) is 11.7. The Morgan fingerprint density at radius 2 is 1.82 bits per heavy atom. The number of hydrogen-bond acceptors (Lipinski definition) is 6. The summed E-state index contributed by atoms with van der Waals surface area (Å²) in [6.45, 7) is 8.29. The van der Waals surface area contributed by atoms with Crippen LogP contribution in [0.15, 0.2) is 42.5 Å². The van der Waals surface area contributed by atoms with E-state index in [0.29, 0.717) is 32.2 Å². The average molecular weight is 466 g/mol. The zero-order valence-corrected chi connectivity index (χ0v) is 20.1. The number of carbonyl (C=O) groups excluding carboxylic acids is 1. The molecule has 2 fully saturated rings. The molecule has 0 atom stereocenters. The second-order valence-electron chi connectivity index (χ2n) is 9.04. The first-order valence-corrected chi connectivity index (χ1v) is 12.6. The molecule has 0 bridgehead atoms. The van der Waals surface area contributed by atoms with Gasteiger partial charge in [0.2, 0.25) is 5.91 Å². The average Bonchev–Trinajstić information content (AvgIpc) is 3.52. The summed E-state index contributed by atoms with van der Waals surface area (Å²) in [5, 5.41) is 0.773. The molecule has 0 aliphatic carbocycles. The minimum absolute atomic E-state index is 0.0631. The van der Waals surface area contributed by atoms with E-state index in [0.717, 1.165) is 46.8 Å². The third-order valence-electron chi connectivity index (χ3n) is 6.81. The van der Waals surface area contributed by atoms with E-state index >= 15 is 0 Å². The Morgan fingerprint density at radius 3 is 2.55 bits per heavy atom. The molecule has 0 spiro atoms. The van der Waals surface area contributed by atoms with E-state index in [-0.39, 0.29) is 12.2 Å². The van der Waals surface area contributed by atoms with E-state index in [9.17, 15) is 4.79 Å². The maximum Gasteiger partial charge on any atom is 0.243 e. The molecule has 2 saturated heterocycles. The van der Waals surface area contributed by atoms with Crippen molar-refractivity contribution in [3.8, 4) is 0 Å². The molecule has 1 aromatic heterocycles. The van der Waals surface area contributed by atoms with Gasteiger partial charge in [-0.2, -0.15) is 0 Å². The number of carbonyl (C=O) groups is 1. The smallest absolute Gasteiger partial charge is 0.243 e. The van der Waals surface area contributed by atoms with Crippen LogP contribution in [0.1, 0.15) is 29.5 Å². The fourth-order valence-corrected chi connectivity index (χ4v) is 5.71. The predicted molar refractivity (Wildman–Crippen MR) is 132 cm³/mol. The van der Waals surface area contributed by atoms with Crippen LogP contribution in [-0.4, -0.2) is 54.9 Å². The Morgan fingerprint density at radius 1 is 1.09 bits per heavy atom. The molecule has 1 amide bonds. The molecule has 6 nitrogen and oxygen atoms in total. The highest BCUT2D eigenvalue weighted by molar-refractivity contribution is 7.22. The first-order chi connectivity index (χ1) is 16.1. The molecule has 7 heteroatoms. The minimum atomic E-state index is -0.0631. The second-order valence-corrected chi connectivity index (χ2v) is 10.0. The van der Waals surface area contributed by atoms with Gasteiger partial charge < -0.3 is 9.47 Å². The Hall–Kier alpha value is -2.32. The maximum atomic E-state index is 13.6. The number of aryl methyl sites for hydroxylation is 2. The number of ether oxygens (including phenoxy) is 2. The van der Waals surface area contributed by atoms with Gasteiger partial charge in [-0.1, -0.05) is 47.7 Å². The third kappa shape index (κ3) is 4.96. The molecule has 0 radical (unpaired) electrons. The molecule has 5 rings (SSSR count). The van der Waals surface area contributed by atoms with Gasteiger partial charge in [-0.3, -0.25) is 14.6 Å². The fraction of sp³-hybridized carbons (Fsp3) is 0.462. The lowest BCUT2D eigenvalue weighted by Crippen LogP contribution is -2.44. The summed E-state index contributed by atoms with van der Waals surface area (Å²) >= 11 is 1.60. The van der Waals surface area contributed by atoms with Crippen molar-refractivity contribution in [2.24, 2.45) is 5.92 Å². The standard InChI is InChI=1S/C26H31N3O3S/c1-18-8-9-22-24(19(18)2)27-26(33-22)29(16-20-6-4-3-5-7-20)23(30)17-28-12-10-21(11-13-28)25-31-14-15-32-25/h3-9,21,25H,10-17H2,1-2H3. The van der Waals surface area contributed by atoms with Crippen LogP contribution in [0.5, 0.6) is 0 Å². The zero-order valence-electron chi connectivity index (χ0n) is 19.3. The molecule has 2 aliphatic heterocycles. The number of piperidine rings is 1. The first kappa shape index (κ1) is 22.5. The van der Waals surface area contributed by atoms with Crippen LogP contribution in [0.3, 0.4) is 0 Å². The van der Waals surface area contributed by atoms with Crippen LogP contribution in [0.2, 0.25) is 0 Å². The third-order valence-corrected chi connectivity index (χ3v) is 7.86. The molecule has 0 saturated carbocycles. The lowest BCUT2D eigenvalue weighted by molar-refractivity contribution is -0.121. The lowest BCUT2D eigenvalue weighted by Gasteiger charge is -2.34. The number of fused-ring (bicyclic) bond motifs is 1. The largest absolute Gasteiger partial charge is 0.350 e. The van der Waals surface area contributed by atoms with Gasteiger partial charge in [-0.05, 0) is 62.5 Å². The van der Waals surface area contributed by atoms with E-state index in [1.807, 2.05) is 23.1 Å². The number of likely N-dealkylation sites (tertiary alicyclic amines) is 1. The molecule has 33 heavy (non-hydrogen) atoms. The monoisotopic (exact) mass is 465 g/mol. The van der Waals surface area contributed by atoms with Crippen LogP contribution in [0.25, 0.3) is 10.2 Å². The SMILES string of the molecule is Cc1ccc2sc(N(Cc3ccccc3)C(=O)CN3CCC(C4OCCO4)CC3)nc2c1C. The topological polar surface area (TPSA) is 54.9 Å². The number of rotatable bonds is 6. The maximum absolute atomic E-state index is 13.6. The summed E-state index contributed by atoms with van der Waals surface area (Å²) < 4.78 is 12.5. The van der Waals surface area contributed by atoms with Gasteiger partial charge in [-0.25, -0.2) is 4.98 Å². The Balaban J connectivity index is 1.33. The number of aromatic nitrogens is 1. The van der Waals surface area contributed by atoms with Gasteiger partial charge in [0.05, 0.1) is 36.5 Å². The van der Waals surface area contributed by atoms with Crippen LogP contribution in [0, 0.1) is 19.8 Å². The van der Waals surface area contributed by atoms with Gasteiger partial charge in [0, 0.05) is 5.92 Å². The molecular weight excluding hydrogens is 434 g/mol. The molecule has 3 heterocycles. The summed E-state index contributed by atoms with van der Waals surface area (Å²) in [4.78, 5) is 22.6. The van der Waals surface area contributed by atoms with Crippen LogP contribution in [0.4, 0.5) is 5.13 Å². The minimum Gasteiger partial charge on any atom is -0.350 e. The molecule has 174 valence electrons. The van der Waals surface area contributed by atoms with E-state index < -0.39 is 0 Å². The van der Waals surface area contributed by atoms with Crippen molar-refractivity contribution >= 4 is 32.6 Å². The molecule has 2 aliphatic rings. The van der Waals surface area contributed by atoms with Gasteiger partial charge >= 0.3 is 0 Å². The Bertz CT molecular complexity index is 1100. The highest BCUT2D eigenvalue weighted by atomic mass is 32.1. The van der Waals surface area contributed by atoms with Crippen molar-refractivity contribution in [3.05, 3.63) is 59.2 Å². The summed E-state index contributed by atoms with van der Waals surface area (Å²) in [7, 11) is 0. The summed E-state index contributed by atoms with van der Waals surface area (Å²) in [5.41, 5.74) is 4.50. The normalized spacial score (nSPS) is 18.2. The number of thiazole rings is 1. The molecule has 3 aromatic rings. The quantitative estimate of drug-likeness (QED) is 0.535. The Labute approximate surface area is 199 Å². The summed E-state index contributed by atoms with van der Waals surface area (Å²) in [6, 6.07) is 14.4. The van der Waals surface area contributed by atoms with Crippen molar-refractivity contribution in [2.45, 2.75) is 39.5 Å². The van der Waals surface area contributed by atoms with Gasteiger partial charge in [0.1, 0.15) is 0 Å². The predicted octanol–water partition coefficient (Wildman–Crippen LogP) is 4.53. The van der Waals surface area contributed by atoms with E-state index in [1.165, 1.54) is 11.1 Å². The molecule has 0 N–H and O–H groups in total. The van der Waals surface area contributed by atoms with Crippen LogP contribution < -0.4 is 4.90 Å². The second kappa shape index (κ2) is 9.89. The number of amides is 1. The fourth-order valence-electron chi connectivity index (χ4n) is 4.67. The zero-order chi connectivity index (χ0) is 22.8. The lowest BCUT2D eigenvalue weighted by atomic mass is 9.96. The van der Waals surface area contributed by atoms with Crippen molar-refractivity contribution in [1.82, 2.24) is 9.88 Å². The summed E-state index contributed by atoms with van der Waals surface area (Å²) in [6.07, 6.45) is 1.93. The van der Waals surface area contributed by atoms with Crippen molar-refractivity contribution in [1.29, 1.82) is 0 Å². The molecular formula is C26H31N3O3S. The number of benzene rings is 2. The highest BCUT2D eigenvalue weighted by Gasteiger charge is 2.32.